The van der Waals surface area contributed by atoms with Crippen LogP contribution in [0.25, 0.3) is 21.8 Å². The Bertz CT molecular complexity index is 1250. The van der Waals surface area contributed by atoms with Crippen molar-refractivity contribution in [2.45, 2.75) is 45.6 Å². The van der Waals surface area contributed by atoms with E-state index in [1.165, 1.54) is 10.9 Å². The molecule has 4 rings (SSSR count). The lowest BCUT2D eigenvalue weighted by atomic mass is 10.1. The van der Waals surface area contributed by atoms with E-state index < -0.39 is 0 Å². The van der Waals surface area contributed by atoms with Crippen molar-refractivity contribution in [3.05, 3.63) is 84.7 Å². The second-order valence-electron chi connectivity index (χ2n) is 8.45. The zero-order valence-electron chi connectivity index (χ0n) is 19.9. The fourth-order valence-electron chi connectivity index (χ4n) is 4.30. The molecule has 0 bridgehead atoms. The molecule has 0 aliphatic heterocycles. The van der Waals surface area contributed by atoms with Crippen LogP contribution in [0.4, 0.5) is 0 Å². The minimum atomic E-state index is -0.0185. The molecule has 0 unspecified atom stereocenters. The standard InChI is InChI=1S/C29H33N3O2/c1-2-12-29(33)30-20-9-3-4-19-28-31-25-16-7-8-17-26(25)32(28)21-11-22-34-27-18-10-14-23-13-5-6-15-24(23)27/h2,5-8,10,12-18H,3-4,9,11,19-22H2,1H3,(H,30,33)/b12-2+. The van der Waals surface area contributed by atoms with Gasteiger partial charge in [0.2, 0.25) is 5.91 Å². The first-order chi connectivity index (χ1) is 16.8. The highest BCUT2D eigenvalue weighted by atomic mass is 16.5. The number of benzene rings is 3. The summed E-state index contributed by atoms with van der Waals surface area (Å²) in [4.78, 5) is 16.4. The van der Waals surface area contributed by atoms with Gasteiger partial charge >= 0.3 is 0 Å². The first-order valence-electron chi connectivity index (χ1n) is 12.2. The van der Waals surface area contributed by atoms with Gasteiger partial charge in [-0.05, 0) is 55.8 Å². The molecule has 1 heterocycles. The maximum absolute atomic E-state index is 11.5. The number of nitrogens with zero attached hydrogens (tertiary/aromatic N) is 2. The smallest absolute Gasteiger partial charge is 0.243 e. The molecule has 3 aromatic carbocycles. The van der Waals surface area contributed by atoms with Gasteiger partial charge in [-0.1, -0.05) is 61.0 Å². The number of carbonyl (C=O) groups is 1. The molecule has 0 radical (unpaired) electrons. The summed E-state index contributed by atoms with van der Waals surface area (Å²) >= 11 is 0. The lowest BCUT2D eigenvalue weighted by molar-refractivity contribution is -0.116. The van der Waals surface area contributed by atoms with Crippen LogP contribution >= 0.6 is 0 Å². The molecule has 0 aliphatic rings. The molecular weight excluding hydrogens is 422 g/mol. The third-order valence-electron chi connectivity index (χ3n) is 5.96. The van der Waals surface area contributed by atoms with Crippen molar-refractivity contribution >= 4 is 27.7 Å². The average molecular weight is 456 g/mol. The van der Waals surface area contributed by atoms with E-state index in [0.29, 0.717) is 13.2 Å². The maximum Gasteiger partial charge on any atom is 0.243 e. The Hall–Kier alpha value is -3.60. The summed E-state index contributed by atoms with van der Waals surface area (Å²) < 4.78 is 8.50. The van der Waals surface area contributed by atoms with Crippen LogP contribution in [0.15, 0.2) is 78.9 Å². The van der Waals surface area contributed by atoms with Gasteiger partial charge in [0, 0.05) is 24.9 Å². The number of fused-ring (bicyclic) bond motifs is 2. The molecule has 1 N–H and O–H groups in total. The zero-order valence-corrected chi connectivity index (χ0v) is 19.9. The highest BCUT2D eigenvalue weighted by Gasteiger charge is 2.10. The van der Waals surface area contributed by atoms with E-state index >= 15 is 0 Å². The minimum absolute atomic E-state index is 0.0185. The van der Waals surface area contributed by atoms with Crippen LogP contribution in [0.2, 0.25) is 0 Å². The quantitative estimate of drug-likeness (QED) is 0.209. The SMILES string of the molecule is C/C=C/C(=O)NCCCCCc1nc2ccccc2n1CCCOc1cccc2ccccc12. The van der Waals surface area contributed by atoms with Crippen molar-refractivity contribution in [2.24, 2.45) is 0 Å². The lowest BCUT2D eigenvalue weighted by Crippen LogP contribution is -2.21. The molecule has 0 spiro atoms. The molecule has 0 saturated heterocycles. The number of rotatable bonds is 12. The Morgan fingerprint density at radius 1 is 0.971 bits per heavy atom. The van der Waals surface area contributed by atoms with Crippen molar-refractivity contribution in [3.63, 3.8) is 0 Å². The largest absolute Gasteiger partial charge is 0.493 e. The number of amides is 1. The molecule has 5 nitrogen and oxygen atoms in total. The number of imidazole rings is 1. The molecule has 176 valence electrons. The van der Waals surface area contributed by atoms with Gasteiger partial charge < -0.3 is 14.6 Å². The minimum Gasteiger partial charge on any atom is -0.493 e. The molecule has 34 heavy (non-hydrogen) atoms. The van der Waals surface area contributed by atoms with Crippen LogP contribution in [-0.2, 0) is 17.8 Å². The number of ether oxygens (including phenoxy) is 1. The van der Waals surface area contributed by atoms with Gasteiger partial charge in [-0.15, -0.1) is 0 Å². The first kappa shape index (κ1) is 23.6. The Morgan fingerprint density at radius 3 is 2.71 bits per heavy atom. The topological polar surface area (TPSA) is 56.2 Å². The van der Waals surface area contributed by atoms with E-state index in [9.17, 15) is 4.79 Å². The molecule has 0 saturated carbocycles. The number of allylic oxidation sites excluding steroid dienone is 1. The highest BCUT2D eigenvalue weighted by Crippen LogP contribution is 2.25. The van der Waals surface area contributed by atoms with Crippen molar-refractivity contribution in [2.75, 3.05) is 13.2 Å². The van der Waals surface area contributed by atoms with Crippen molar-refractivity contribution in [1.29, 1.82) is 0 Å². The second-order valence-corrected chi connectivity index (χ2v) is 8.45. The zero-order chi connectivity index (χ0) is 23.6. The molecule has 0 fully saturated rings. The van der Waals surface area contributed by atoms with Crippen LogP contribution < -0.4 is 10.1 Å². The lowest BCUT2D eigenvalue weighted by Gasteiger charge is -2.12. The van der Waals surface area contributed by atoms with Crippen LogP contribution in [0, 0.1) is 0 Å². The van der Waals surface area contributed by atoms with E-state index in [0.717, 1.165) is 61.1 Å². The summed E-state index contributed by atoms with van der Waals surface area (Å²) in [6.45, 7) is 4.10. The van der Waals surface area contributed by atoms with Crippen molar-refractivity contribution < 1.29 is 9.53 Å². The van der Waals surface area contributed by atoms with Crippen molar-refractivity contribution in [1.82, 2.24) is 14.9 Å². The average Bonchev–Trinajstić information content (AvgIpc) is 3.21. The van der Waals surface area contributed by atoms with Gasteiger partial charge in [0.25, 0.3) is 0 Å². The number of carbonyl (C=O) groups excluding carboxylic acids is 1. The fourth-order valence-corrected chi connectivity index (χ4v) is 4.30. The number of para-hydroxylation sites is 2. The molecule has 0 aliphatic carbocycles. The Balaban J connectivity index is 1.31. The van der Waals surface area contributed by atoms with E-state index in [1.54, 1.807) is 12.2 Å². The number of aryl methyl sites for hydroxylation is 2. The first-order valence-corrected chi connectivity index (χ1v) is 12.2. The monoisotopic (exact) mass is 455 g/mol. The third-order valence-corrected chi connectivity index (χ3v) is 5.96. The molecule has 1 amide bonds. The highest BCUT2D eigenvalue weighted by molar-refractivity contribution is 5.88. The van der Waals surface area contributed by atoms with E-state index in [2.05, 4.69) is 58.4 Å². The normalized spacial score (nSPS) is 11.4. The van der Waals surface area contributed by atoms with E-state index in [4.69, 9.17) is 9.72 Å². The number of aromatic nitrogens is 2. The molecule has 4 aromatic rings. The van der Waals surface area contributed by atoms with E-state index in [1.807, 2.05) is 25.1 Å². The summed E-state index contributed by atoms with van der Waals surface area (Å²) in [5, 5.41) is 5.27. The van der Waals surface area contributed by atoms with E-state index in [-0.39, 0.29) is 5.91 Å². The Kier molecular flexibility index (Phi) is 8.33. The van der Waals surface area contributed by atoms with Gasteiger partial charge in [-0.2, -0.15) is 0 Å². The van der Waals surface area contributed by atoms with Gasteiger partial charge in [0.15, 0.2) is 0 Å². The second kappa shape index (κ2) is 12.0. The Labute approximate surface area is 201 Å². The van der Waals surface area contributed by atoms with Gasteiger partial charge in [-0.3, -0.25) is 4.79 Å². The predicted molar refractivity (Wildman–Crippen MR) is 139 cm³/mol. The molecule has 1 aromatic heterocycles. The number of hydrogen-bond acceptors (Lipinski definition) is 3. The summed E-state index contributed by atoms with van der Waals surface area (Å²) in [5.41, 5.74) is 2.23. The summed E-state index contributed by atoms with van der Waals surface area (Å²) in [6.07, 6.45) is 8.25. The van der Waals surface area contributed by atoms with Crippen LogP contribution in [-0.4, -0.2) is 28.6 Å². The van der Waals surface area contributed by atoms with Crippen LogP contribution in [0.1, 0.15) is 38.4 Å². The number of hydrogen-bond donors (Lipinski definition) is 1. The summed E-state index contributed by atoms with van der Waals surface area (Å²) in [6, 6.07) is 22.9. The van der Waals surface area contributed by atoms with Gasteiger partial charge in [0.1, 0.15) is 11.6 Å². The maximum atomic E-state index is 11.5. The third kappa shape index (κ3) is 6.04. The predicted octanol–water partition coefficient (Wildman–Crippen LogP) is 6.06. The van der Waals surface area contributed by atoms with Gasteiger partial charge in [-0.25, -0.2) is 4.98 Å². The molecule has 0 atom stereocenters. The fraction of sp³-hybridized carbons (Fsp3) is 0.310. The molecular formula is C29H33N3O2. The van der Waals surface area contributed by atoms with Crippen molar-refractivity contribution in [3.8, 4) is 5.75 Å². The molecule has 5 heteroatoms. The summed E-state index contributed by atoms with van der Waals surface area (Å²) in [7, 11) is 0. The van der Waals surface area contributed by atoms with Gasteiger partial charge in [0.05, 0.1) is 17.6 Å². The number of unbranched alkanes of at least 4 members (excludes halogenated alkanes) is 2. The van der Waals surface area contributed by atoms with Crippen LogP contribution in [0.3, 0.4) is 0 Å². The summed E-state index contributed by atoms with van der Waals surface area (Å²) in [5.74, 6) is 2.05. The van der Waals surface area contributed by atoms with Crippen LogP contribution in [0.5, 0.6) is 5.75 Å². The number of nitrogens with one attached hydrogen (secondary N) is 1. The Morgan fingerprint density at radius 2 is 1.79 bits per heavy atom.